The molecule has 0 aromatic carbocycles. The molecule has 0 aliphatic heterocycles. The van der Waals surface area contributed by atoms with Crippen LogP contribution in [0.5, 0.6) is 0 Å². The molecule has 0 N–H and O–H groups in total. The molecule has 0 aliphatic carbocycles. The quantitative estimate of drug-likeness (QED) is 0.109. The molecule has 0 aromatic heterocycles. The summed E-state index contributed by atoms with van der Waals surface area (Å²) in [5, 5.41) is 0. The maximum Gasteiger partial charge on any atom is 0.0516 e. The molecule has 3 heteroatoms. The predicted octanol–water partition coefficient (Wildman–Crippen LogP) is 16.0. The van der Waals surface area contributed by atoms with Crippen molar-refractivity contribution in [2.75, 3.05) is 39.6 Å². The van der Waals surface area contributed by atoms with Crippen LogP contribution in [0.1, 0.15) is 218 Å². The van der Waals surface area contributed by atoms with Crippen molar-refractivity contribution < 1.29 is 14.2 Å². The lowest BCUT2D eigenvalue weighted by Crippen LogP contribution is -2.16. The minimum absolute atomic E-state index is 0. The Hall–Kier alpha value is -0.120. The van der Waals surface area contributed by atoms with Crippen molar-refractivity contribution in [3.8, 4) is 0 Å². The monoisotopic (exact) mass is 657 g/mol. The van der Waals surface area contributed by atoms with Gasteiger partial charge in [-0.15, -0.1) is 0 Å². The van der Waals surface area contributed by atoms with Gasteiger partial charge in [-0.2, -0.15) is 0 Å². The highest BCUT2D eigenvalue weighted by molar-refractivity contribution is 4.72. The van der Waals surface area contributed by atoms with Crippen LogP contribution in [0.25, 0.3) is 0 Å². The molecule has 2 unspecified atom stereocenters. The third kappa shape index (κ3) is 56.6. The van der Waals surface area contributed by atoms with Gasteiger partial charge >= 0.3 is 0 Å². The molecule has 0 heterocycles. The molecule has 0 fully saturated rings. The van der Waals surface area contributed by atoms with Crippen LogP contribution in [0.4, 0.5) is 0 Å². The fourth-order valence-corrected chi connectivity index (χ4v) is 4.77. The van der Waals surface area contributed by atoms with Gasteiger partial charge in [0.05, 0.1) is 13.2 Å². The third-order valence-corrected chi connectivity index (χ3v) is 7.90. The fraction of sp³-hybridized carbons (Fsp3) is 1.00. The maximum atomic E-state index is 5.49. The van der Waals surface area contributed by atoms with E-state index in [-0.39, 0.29) is 44.6 Å². The zero-order valence-electron chi connectivity index (χ0n) is 29.9. The Morgan fingerprint density at radius 2 is 0.756 bits per heavy atom. The first-order valence-electron chi connectivity index (χ1n) is 17.4. The average molecular weight is 657 g/mol. The van der Waals surface area contributed by atoms with Gasteiger partial charge in [0, 0.05) is 32.3 Å². The first kappa shape index (κ1) is 71.0. The van der Waals surface area contributed by atoms with E-state index in [1.54, 1.807) is 0 Å². The summed E-state index contributed by atoms with van der Waals surface area (Å²) in [6.45, 7) is 34.3. The zero-order valence-corrected chi connectivity index (χ0v) is 29.9. The minimum Gasteiger partial charge on any atom is -0.382 e. The first-order chi connectivity index (χ1) is 18.7. The van der Waals surface area contributed by atoms with Crippen LogP contribution in [0.3, 0.4) is 0 Å². The molecule has 45 heavy (non-hydrogen) atoms. The smallest absolute Gasteiger partial charge is 0.0516 e. The summed E-state index contributed by atoms with van der Waals surface area (Å²) in [6.07, 6.45) is 16.8. The van der Waals surface area contributed by atoms with E-state index in [4.69, 9.17) is 14.2 Å². The second-order valence-electron chi connectivity index (χ2n) is 11.6. The molecule has 0 bridgehead atoms. The van der Waals surface area contributed by atoms with Crippen LogP contribution in [-0.2, 0) is 14.2 Å². The Balaban J connectivity index is -0.0000000446. The summed E-state index contributed by atoms with van der Waals surface area (Å²) in [5.74, 6) is 2.47. The van der Waals surface area contributed by atoms with Crippen molar-refractivity contribution in [3.63, 3.8) is 0 Å². The topological polar surface area (TPSA) is 27.7 Å². The van der Waals surface area contributed by atoms with Crippen molar-refractivity contribution >= 4 is 0 Å². The third-order valence-electron chi connectivity index (χ3n) is 7.90. The van der Waals surface area contributed by atoms with Crippen molar-refractivity contribution in [1.29, 1.82) is 0 Å². The summed E-state index contributed by atoms with van der Waals surface area (Å²) in [5.41, 5.74) is 0.667. The Morgan fingerprint density at radius 1 is 0.444 bits per heavy atom. The Morgan fingerprint density at radius 3 is 0.933 bits per heavy atom. The van der Waals surface area contributed by atoms with Gasteiger partial charge in [0.15, 0.2) is 0 Å². The van der Waals surface area contributed by atoms with Crippen molar-refractivity contribution in [1.82, 2.24) is 0 Å². The number of ether oxygens (including phenoxy) is 3. The van der Waals surface area contributed by atoms with Crippen LogP contribution in [0, 0.1) is 23.2 Å². The standard InChI is InChI=1S/C11H24O2.C11H24.C9H20.C5H12O.6CH4/c1-4-7-12-9-11(6-3)10-13-8-5-2;1-5-7-10(3)9-11(4)8-6-2;1-5-9(6-2,7-3)8-4;1-3-5-6-4-2;;;;;;/h11H,4-10H2,1-3H3;10-11H,5-9H2,1-4H3;5-8H2,1-4H3;3-5H2,1-2H3;6*1H4. The second-order valence-corrected chi connectivity index (χ2v) is 11.6. The Kier molecular flexibility index (Phi) is 93.6. The Labute approximate surface area is 294 Å². The van der Waals surface area contributed by atoms with Crippen LogP contribution >= 0.6 is 0 Å². The molecule has 0 aliphatic rings. The van der Waals surface area contributed by atoms with E-state index in [9.17, 15) is 0 Å². The molecule has 0 radical (unpaired) electrons. The van der Waals surface area contributed by atoms with E-state index in [0.29, 0.717) is 11.3 Å². The van der Waals surface area contributed by atoms with Gasteiger partial charge in [-0.1, -0.05) is 179 Å². The lowest BCUT2D eigenvalue weighted by molar-refractivity contribution is 0.0382. The highest BCUT2D eigenvalue weighted by Crippen LogP contribution is 2.33. The molecule has 0 rings (SSSR count). The second kappa shape index (κ2) is 59.3. The van der Waals surface area contributed by atoms with Gasteiger partial charge in [-0.25, -0.2) is 0 Å². The van der Waals surface area contributed by atoms with E-state index >= 15 is 0 Å². The zero-order chi connectivity index (χ0) is 30.8. The predicted molar refractivity (Wildman–Crippen MR) is 220 cm³/mol. The molecule has 0 saturated heterocycles. The summed E-state index contributed by atoms with van der Waals surface area (Å²) >= 11 is 0. The van der Waals surface area contributed by atoms with Gasteiger partial charge in [0.1, 0.15) is 0 Å². The van der Waals surface area contributed by atoms with E-state index in [2.05, 4.69) is 83.1 Å². The average Bonchev–Trinajstić information content (AvgIpc) is 2.94. The highest BCUT2D eigenvalue weighted by Gasteiger charge is 2.20. The molecule has 290 valence electrons. The first-order valence-corrected chi connectivity index (χ1v) is 17.4. The molecule has 3 nitrogen and oxygen atoms in total. The lowest BCUT2D eigenvalue weighted by Gasteiger charge is -2.28. The Bertz CT molecular complexity index is 354. The fourth-order valence-electron chi connectivity index (χ4n) is 4.77. The molecule has 0 saturated carbocycles. The van der Waals surface area contributed by atoms with Crippen molar-refractivity contribution in [3.05, 3.63) is 0 Å². The number of rotatable bonds is 22. The molecule has 0 aromatic rings. The van der Waals surface area contributed by atoms with Crippen molar-refractivity contribution in [2.24, 2.45) is 23.2 Å². The van der Waals surface area contributed by atoms with Crippen LogP contribution < -0.4 is 0 Å². The molecular weight excluding hydrogens is 552 g/mol. The molecular formula is C42H104O3. The van der Waals surface area contributed by atoms with Crippen molar-refractivity contribution in [2.45, 2.75) is 218 Å². The van der Waals surface area contributed by atoms with E-state index in [1.165, 1.54) is 57.8 Å². The van der Waals surface area contributed by atoms with Crippen LogP contribution in [0.15, 0.2) is 0 Å². The highest BCUT2D eigenvalue weighted by atomic mass is 16.5. The molecule has 0 amide bonds. The minimum atomic E-state index is 0. The van der Waals surface area contributed by atoms with Gasteiger partial charge in [0.25, 0.3) is 0 Å². The summed E-state index contributed by atoms with van der Waals surface area (Å²) < 4.78 is 16.0. The normalized spacial score (nSPS) is 10.8. The van der Waals surface area contributed by atoms with E-state index in [0.717, 1.165) is 77.2 Å². The van der Waals surface area contributed by atoms with Crippen LogP contribution in [-0.4, -0.2) is 39.6 Å². The number of hydrogen-bond donors (Lipinski definition) is 0. The largest absolute Gasteiger partial charge is 0.382 e. The van der Waals surface area contributed by atoms with E-state index < -0.39 is 0 Å². The van der Waals surface area contributed by atoms with Gasteiger partial charge in [-0.05, 0) is 56.3 Å². The van der Waals surface area contributed by atoms with E-state index in [1.807, 2.05) is 6.92 Å². The van der Waals surface area contributed by atoms with Gasteiger partial charge in [-0.3, -0.25) is 0 Å². The maximum absolute atomic E-state index is 5.49. The molecule has 2 atom stereocenters. The summed E-state index contributed by atoms with van der Waals surface area (Å²) in [4.78, 5) is 0. The van der Waals surface area contributed by atoms with Crippen LogP contribution in [0.2, 0.25) is 0 Å². The van der Waals surface area contributed by atoms with Gasteiger partial charge in [0.2, 0.25) is 0 Å². The lowest BCUT2D eigenvalue weighted by atomic mass is 9.78. The molecule has 0 spiro atoms. The number of hydrogen-bond acceptors (Lipinski definition) is 3. The summed E-state index contributed by atoms with van der Waals surface area (Å²) in [7, 11) is 0. The van der Waals surface area contributed by atoms with Gasteiger partial charge < -0.3 is 14.2 Å². The SMILES string of the molecule is C.C.C.C.C.C.CCC(CC)(CC)CC.CCCC(C)CC(C)CCC.CCCOCC.CCCOCC(CC)COCCC. The summed E-state index contributed by atoms with van der Waals surface area (Å²) in [6, 6.07) is 0.